The molecular weight excluding hydrogens is 360 g/mol. The highest BCUT2D eigenvalue weighted by Crippen LogP contribution is 2.43. The van der Waals surface area contributed by atoms with E-state index in [1.807, 2.05) is 11.3 Å². The first kappa shape index (κ1) is 12.2. The first-order chi connectivity index (χ1) is 8.25. The molecule has 1 fully saturated rings. The fraction of sp³-hybridized carbons (Fsp3) is 0.429. The van der Waals surface area contributed by atoms with Crippen LogP contribution in [-0.2, 0) is 0 Å². The van der Waals surface area contributed by atoms with E-state index in [4.69, 9.17) is 0 Å². The molecular formula is C14H14Br2S. The number of thiophene rings is 1. The van der Waals surface area contributed by atoms with Crippen LogP contribution in [0.1, 0.15) is 36.1 Å². The van der Waals surface area contributed by atoms with Crippen molar-refractivity contribution >= 4 is 53.3 Å². The zero-order valence-corrected chi connectivity index (χ0v) is 13.4. The Balaban J connectivity index is 1.91. The smallest absolute Gasteiger partial charge is 0.0488 e. The Hall–Kier alpha value is 0.140. The summed E-state index contributed by atoms with van der Waals surface area (Å²) in [4.78, 5) is 0.524. The van der Waals surface area contributed by atoms with E-state index >= 15 is 0 Å². The van der Waals surface area contributed by atoms with Gasteiger partial charge in [0.25, 0.3) is 0 Å². The highest BCUT2D eigenvalue weighted by molar-refractivity contribution is 9.10. The summed E-state index contributed by atoms with van der Waals surface area (Å²) in [5, 5.41) is 3.72. The molecule has 0 radical (unpaired) electrons. The van der Waals surface area contributed by atoms with Crippen molar-refractivity contribution in [2.75, 3.05) is 0 Å². The summed E-state index contributed by atoms with van der Waals surface area (Å²) < 4.78 is 2.59. The number of benzene rings is 1. The fourth-order valence-electron chi connectivity index (χ4n) is 2.43. The van der Waals surface area contributed by atoms with Crippen molar-refractivity contribution < 1.29 is 0 Å². The Morgan fingerprint density at radius 3 is 2.88 bits per heavy atom. The lowest BCUT2D eigenvalue weighted by atomic mass is 9.81. The summed E-state index contributed by atoms with van der Waals surface area (Å²) in [7, 11) is 0. The maximum atomic E-state index is 3.88. The lowest BCUT2D eigenvalue weighted by molar-refractivity contribution is 0.296. The van der Waals surface area contributed by atoms with Crippen molar-refractivity contribution in [1.29, 1.82) is 0 Å². The van der Waals surface area contributed by atoms with Crippen LogP contribution < -0.4 is 0 Å². The van der Waals surface area contributed by atoms with Gasteiger partial charge in [0.15, 0.2) is 0 Å². The quantitative estimate of drug-likeness (QED) is 0.554. The molecule has 1 atom stereocenters. The van der Waals surface area contributed by atoms with Crippen molar-refractivity contribution in [1.82, 2.24) is 0 Å². The second kappa shape index (κ2) is 5.02. The molecule has 17 heavy (non-hydrogen) atoms. The first-order valence-electron chi connectivity index (χ1n) is 6.05. The van der Waals surface area contributed by atoms with E-state index < -0.39 is 0 Å². The van der Waals surface area contributed by atoms with E-state index in [0.717, 1.165) is 5.92 Å². The van der Waals surface area contributed by atoms with Gasteiger partial charge in [-0.1, -0.05) is 47.3 Å². The summed E-state index contributed by atoms with van der Waals surface area (Å²) in [6.07, 6.45) is 5.57. The predicted molar refractivity (Wildman–Crippen MR) is 83.2 cm³/mol. The van der Waals surface area contributed by atoms with Crippen LogP contribution in [0.2, 0.25) is 0 Å². The summed E-state index contributed by atoms with van der Waals surface area (Å²) in [6.45, 7) is 0. The fourth-order valence-corrected chi connectivity index (χ4v) is 5.19. The Kier molecular flexibility index (Phi) is 3.60. The van der Waals surface area contributed by atoms with Crippen molar-refractivity contribution in [2.45, 2.75) is 30.5 Å². The zero-order valence-electron chi connectivity index (χ0n) is 9.46. The Labute approximate surface area is 123 Å². The van der Waals surface area contributed by atoms with Crippen molar-refractivity contribution in [3.63, 3.8) is 0 Å². The van der Waals surface area contributed by atoms with E-state index in [0.29, 0.717) is 4.83 Å². The number of halogens is 2. The lowest BCUT2D eigenvalue weighted by Crippen LogP contribution is -2.12. The number of alkyl halides is 1. The maximum absolute atomic E-state index is 3.88. The van der Waals surface area contributed by atoms with Gasteiger partial charge in [-0.3, -0.25) is 0 Å². The molecule has 2 aromatic rings. The molecule has 0 amide bonds. The van der Waals surface area contributed by atoms with Gasteiger partial charge in [0, 0.05) is 14.0 Å². The van der Waals surface area contributed by atoms with Crippen LogP contribution in [0.4, 0.5) is 0 Å². The topological polar surface area (TPSA) is 0 Å². The number of fused-ring (bicyclic) bond motifs is 1. The summed E-state index contributed by atoms with van der Waals surface area (Å²) >= 11 is 9.35. The van der Waals surface area contributed by atoms with Crippen LogP contribution in [0.25, 0.3) is 10.1 Å². The van der Waals surface area contributed by atoms with E-state index in [1.165, 1.54) is 45.8 Å². The molecule has 0 saturated heterocycles. The van der Waals surface area contributed by atoms with Gasteiger partial charge < -0.3 is 0 Å². The molecule has 1 heterocycles. The maximum Gasteiger partial charge on any atom is 0.0488 e. The van der Waals surface area contributed by atoms with Gasteiger partial charge in [0.1, 0.15) is 0 Å². The average Bonchev–Trinajstić information content (AvgIpc) is 2.68. The minimum absolute atomic E-state index is 0.524. The molecule has 0 spiro atoms. The van der Waals surface area contributed by atoms with Crippen LogP contribution in [0.5, 0.6) is 0 Å². The molecule has 1 aromatic heterocycles. The second-order valence-electron chi connectivity index (χ2n) is 4.81. The van der Waals surface area contributed by atoms with Crippen molar-refractivity contribution in [3.8, 4) is 0 Å². The molecule has 1 aliphatic carbocycles. The number of hydrogen-bond donors (Lipinski definition) is 0. The van der Waals surface area contributed by atoms with Crippen LogP contribution >= 0.6 is 43.2 Å². The average molecular weight is 374 g/mol. The molecule has 1 aromatic carbocycles. The molecule has 0 bridgehead atoms. The van der Waals surface area contributed by atoms with Crippen molar-refractivity contribution in [3.05, 3.63) is 33.6 Å². The van der Waals surface area contributed by atoms with E-state index in [1.54, 1.807) is 0 Å². The van der Waals surface area contributed by atoms with E-state index in [2.05, 4.69) is 55.4 Å². The third kappa shape index (κ3) is 2.34. The number of rotatable bonds is 3. The van der Waals surface area contributed by atoms with Crippen LogP contribution in [-0.4, -0.2) is 0 Å². The minimum Gasteiger partial charge on any atom is -0.142 e. The molecule has 1 aliphatic rings. The van der Waals surface area contributed by atoms with Gasteiger partial charge in [-0.05, 0) is 50.7 Å². The minimum atomic E-state index is 0.524. The van der Waals surface area contributed by atoms with Crippen LogP contribution in [0, 0.1) is 5.92 Å². The molecule has 0 nitrogen and oxygen atoms in total. The summed E-state index contributed by atoms with van der Waals surface area (Å²) in [5.74, 6) is 0.946. The monoisotopic (exact) mass is 372 g/mol. The molecule has 1 saturated carbocycles. The molecule has 90 valence electrons. The van der Waals surface area contributed by atoms with Gasteiger partial charge in [-0.2, -0.15) is 0 Å². The summed E-state index contributed by atoms with van der Waals surface area (Å²) in [6, 6.07) is 6.49. The largest absolute Gasteiger partial charge is 0.142 e. The molecule has 0 N–H and O–H groups in total. The highest BCUT2D eigenvalue weighted by atomic mass is 79.9. The van der Waals surface area contributed by atoms with E-state index in [9.17, 15) is 0 Å². The van der Waals surface area contributed by atoms with Gasteiger partial charge >= 0.3 is 0 Å². The normalized spacial score (nSPS) is 18.2. The molecule has 3 rings (SSSR count). The number of hydrogen-bond acceptors (Lipinski definition) is 1. The summed E-state index contributed by atoms with van der Waals surface area (Å²) in [5.41, 5.74) is 1.47. The lowest BCUT2D eigenvalue weighted by Gasteiger charge is -2.27. The van der Waals surface area contributed by atoms with Crippen LogP contribution in [0.3, 0.4) is 0 Å². The van der Waals surface area contributed by atoms with Gasteiger partial charge in [-0.15, -0.1) is 11.3 Å². The van der Waals surface area contributed by atoms with Gasteiger partial charge in [0.05, 0.1) is 0 Å². The Bertz CT molecular complexity index is 528. The Morgan fingerprint density at radius 2 is 2.18 bits per heavy atom. The second-order valence-corrected chi connectivity index (χ2v) is 7.65. The highest BCUT2D eigenvalue weighted by Gasteiger charge is 2.23. The predicted octanol–water partition coefficient (Wildman–Crippen LogP) is 6.29. The molecule has 1 unspecified atom stereocenters. The standard InChI is InChI=1S/C14H14Br2S/c15-12-6-2-5-10-11(8-17-14(10)12)13(16)7-9-3-1-4-9/h2,5-6,8-9,13H,1,3-4,7H2. The first-order valence-corrected chi connectivity index (χ1v) is 8.64. The third-order valence-corrected chi connectivity index (χ3v) is 6.52. The SMILES string of the molecule is Brc1cccc2c(C(Br)CC3CCC3)csc12. The van der Waals surface area contributed by atoms with Gasteiger partial charge in [0.2, 0.25) is 0 Å². The van der Waals surface area contributed by atoms with E-state index in [-0.39, 0.29) is 0 Å². The Morgan fingerprint density at radius 1 is 1.35 bits per heavy atom. The zero-order chi connectivity index (χ0) is 11.8. The third-order valence-electron chi connectivity index (χ3n) is 3.68. The van der Waals surface area contributed by atoms with Crippen LogP contribution in [0.15, 0.2) is 28.1 Å². The van der Waals surface area contributed by atoms with Gasteiger partial charge in [-0.25, -0.2) is 0 Å². The van der Waals surface area contributed by atoms with Crippen molar-refractivity contribution in [2.24, 2.45) is 5.92 Å². The molecule has 0 aliphatic heterocycles. The molecule has 3 heteroatoms.